The van der Waals surface area contributed by atoms with Crippen molar-refractivity contribution in [3.63, 3.8) is 0 Å². The molecule has 31 rings (SSSR count). The molecule has 144 heavy (non-hydrogen) atoms. The van der Waals surface area contributed by atoms with Gasteiger partial charge in [-0.1, -0.05) is 218 Å². The molecule has 0 bridgehead atoms. The Morgan fingerprint density at radius 2 is 0.528 bits per heavy atom. The maximum Gasteiger partial charge on any atom is 0.180 e. The third kappa shape index (κ3) is 11.9. The molecule has 8 heterocycles. The minimum atomic E-state index is -2.78. The van der Waals surface area contributed by atoms with Crippen molar-refractivity contribution in [1.82, 2.24) is 0 Å². The molecule has 23 aromatic carbocycles. The minimum Gasteiger partial charge on any atom is -0.453 e. The number of ether oxygens (including phenoxy) is 2. The predicted octanol–water partition coefficient (Wildman–Crippen LogP) is 30.0. The molecule has 2 aromatic heterocycles. The van der Waals surface area contributed by atoms with Crippen LogP contribution in [0.2, 0.25) is 0 Å². The standard InChI is InChI=1S/C74H48N2O2Si2.C60H42N2Se2/c1-5-21-53(22-6-1)79(54-23-7-2-8-24-54)71-35-19-13-29-59(71)61-45-69-65(47-73(61)79)75(63-31-15-17-33-67(63)77-69)51-39-41-57-49(43-51)37-38-50-44-52(40-42-58(50)57)76-64-32-16-18-34-68(64)78-70-46-62-60-30-14-20-36-72(60)80(74(62)48-66(70)76,55-25-9-3-10-26-55)56-27-11-4-12-28-56;1-59(2)45-23-11-13-25-49(45)61(53-33-57-43(29-47(53)59)39-21-9-15-27-55(39)63-57)51-31-41-36-18-6-8-20-38(36)52(32-42(41)35-17-5-7-19-37(35)51)62-50-26-14-12-24-46(50)60(3,4)48-30-44-40-22-10-16-28-56(40)64-58(44)34-54(48)62/h1-48H;5-34H,1-4H3. The third-order valence-electron chi connectivity index (χ3n) is 32.3. The molecule has 0 saturated heterocycles. The van der Waals surface area contributed by atoms with E-state index in [0.717, 1.165) is 57.1 Å². The van der Waals surface area contributed by atoms with Gasteiger partial charge in [0.05, 0.1) is 22.7 Å². The maximum absolute atomic E-state index is 6.95. The van der Waals surface area contributed by atoms with Crippen LogP contribution in [-0.4, -0.2) is 45.2 Å². The molecular weight excluding hydrogens is 1910 g/mol. The van der Waals surface area contributed by atoms with Crippen LogP contribution in [-0.2, 0) is 10.8 Å². The van der Waals surface area contributed by atoms with Crippen molar-refractivity contribution in [3.05, 3.63) is 495 Å². The van der Waals surface area contributed by atoms with E-state index in [-0.39, 0.29) is 39.8 Å². The molecule has 0 atom stereocenters. The van der Waals surface area contributed by atoms with Crippen molar-refractivity contribution in [2.24, 2.45) is 0 Å². The summed E-state index contributed by atoms with van der Waals surface area (Å²) in [4.78, 5) is 10.1. The summed E-state index contributed by atoms with van der Waals surface area (Å²) in [5.74, 6) is 3.37. The molecule has 10 heteroatoms. The van der Waals surface area contributed by atoms with Crippen LogP contribution in [0.15, 0.2) is 473 Å². The van der Waals surface area contributed by atoms with E-state index in [1.807, 2.05) is 0 Å². The monoisotopic (exact) mass is 2000 g/mol. The second-order valence-electron chi connectivity index (χ2n) is 40.3. The largest absolute Gasteiger partial charge is 0.453 e. The first-order chi connectivity index (χ1) is 70.9. The van der Waals surface area contributed by atoms with Gasteiger partial charge in [-0.2, -0.15) is 0 Å². The molecule has 25 aromatic rings. The van der Waals surface area contributed by atoms with Crippen LogP contribution in [0.1, 0.15) is 49.9 Å². The van der Waals surface area contributed by atoms with Gasteiger partial charge in [-0.25, -0.2) is 0 Å². The Morgan fingerprint density at radius 1 is 0.188 bits per heavy atom. The fourth-order valence-electron chi connectivity index (χ4n) is 25.9. The summed E-state index contributed by atoms with van der Waals surface area (Å²) < 4.78 is 19.8. The van der Waals surface area contributed by atoms with Crippen LogP contribution >= 0.6 is 0 Å². The first kappa shape index (κ1) is 83.4. The zero-order valence-electron chi connectivity index (χ0n) is 79.5. The molecule has 6 nitrogen and oxygen atoms in total. The van der Waals surface area contributed by atoms with Crippen LogP contribution in [0.25, 0.3) is 115 Å². The number of hydrogen-bond donors (Lipinski definition) is 0. The average molecular weight is 2000 g/mol. The fraction of sp³-hybridized carbons (Fsp3) is 0.0448. The summed E-state index contributed by atoms with van der Waals surface area (Å²) in [7, 11) is -5.56. The van der Waals surface area contributed by atoms with E-state index in [1.54, 1.807) is 0 Å². The van der Waals surface area contributed by atoms with Gasteiger partial charge in [-0.15, -0.1) is 0 Å². The van der Waals surface area contributed by atoms with E-state index in [0.29, 0.717) is 0 Å². The van der Waals surface area contributed by atoms with Crippen molar-refractivity contribution < 1.29 is 9.47 Å². The van der Waals surface area contributed by atoms with Gasteiger partial charge in [0, 0.05) is 11.4 Å². The molecule has 6 aliphatic heterocycles. The first-order valence-corrected chi connectivity index (χ1v) is 57.3. The zero-order valence-corrected chi connectivity index (χ0v) is 84.9. The molecule has 678 valence electrons. The van der Waals surface area contributed by atoms with Gasteiger partial charge in [0.25, 0.3) is 0 Å². The molecule has 6 aliphatic rings. The molecule has 0 spiro atoms. The van der Waals surface area contributed by atoms with E-state index in [1.165, 1.54) is 213 Å². The van der Waals surface area contributed by atoms with E-state index < -0.39 is 16.1 Å². The van der Waals surface area contributed by atoms with Crippen molar-refractivity contribution >= 4 is 247 Å². The van der Waals surface area contributed by atoms with Gasteiger partial charge < -0.3 is 19.3 Å². The number of nitrogens with zero attached hydrogens (tertiary/aromatic N) is 4. The predicted molar refractivity (Wildman–Crippen MR) is 613 cm³/mol. The summed E-state index contributed by atoms with van der Waals surface area (Å²) in [5, 5.41) is 29.0. The Bertz CT molecular complexity index is 9160. The van der Waals surface area contributed by atoms with Gasteiger partial charge in [-0.3, -0.25) is 0 Å². The summed E-state index contributed by atoms with van der Waals surface area (Å²) in [6.07, 6.45) is 0. The summed E-state index contributed by atoms with van der Waals surface area (Å²) in [6.45, 7) is 9.67. The number of para-hydroxylation sites is 6. The number of benzene rings is 23. The van der Waals surface area contributed by atoms with Gasteiger partial charge in [0.15, 0.2) is 39.1 Å². The van der Waals surface area contributed by atoms with Crippen LogP contribution in [0, 0.1) is 0 Å². The first-order valence-electron chi connectivity index (χ1n) is 49.9. The van der Waals surface area contributed by atoms with Crippen molar-refractivity contribution in [3.8, 4) is 45.3 Å². The van der Waals surface area contributed by atoms with Crippen molar-refractivity contribution in [2.75, 3.05) is 19.6 Å². The fourth-order valence-corrected chi connectivity index (χ4v) is 41.0. The molecule has 0 N–H and O–H groups in total. The van der Waals surface area contributed by atoms with Gasteiger partial charge in [0.1, 0.15) is 0 Å². The van der Waals surface area contributed by atoms with Gasteiger partial charge >= 0.3 is 387 Å². The Balaban J connectivity index is 0.000000137. The molecule has 0 radical (unpaired) electrons. The number of hydrogen-bond acceptors (Lipinski definition) is 6. The van der Waals surface area contributed by atoms with Crippen molar-refractivity contribution in [2.45, 2.75) is 38.5 Å². The molecular formula is C134H90N4O2Se2Si2. The molecule has 0 unspecified atom stereocenters. The van der Waals surface area contributed by atoms with Crippen molar-refractivity contribution in [1.29, 1.82) is 0 Å². The molecule has 0 aliphatic carbocycles. The van der Waals surface area contributed by atoms with E-state index in [4.69, 9.17) is 9.47 Å². The van der Waals surface area contributed by atoms with Crippen LogP contribution in [0.5, 0.6) is 23.0 Å². The second-order valence-corrected chi connectivity index (χ2v) is 52.3. The maximum atomic E-state index is 6.95. The smallest absolute Gasteiger partial charge is 0.180 e. The quantitative estimate of drug-likeness (QED) is 0.111. The van der Waals surface area contributed by atoms with Crippen LogP contribution < -0.4 is 70.6 Å². The molecule has 0 fully saturated rings. The van der Waals surface area contributed by atoms with E-state index in [2.05, 4.69) is 520 Å². The van der Waals surface area contributed by atoms with Crippen LogP contribution in [0.3, 0.4) is 0 Å². The Hall–Kier alpha value is -16.4. The Labute approximate surface area is 848 Å². The van der Waals surface area contributed by atoms with Gasteiger partial charge in [-0.05, 0) is 158 Å². The number of rotatable bonds is 8. The summed E-state index contributed by atoms with van der Waals surface area (Å²) in [5.41, 5.74) is 24.0. The number of fused-ring (bicyclic) bond motifs is 28. The zero-order chi connectivity index (χ0) is 95.2. The van der Waals surface area contributed by atoms with E-state index >= 15 is 0 Å². The third-order valence-corrected chi connectivity index (χ3v) is 46.8. The summed E-state index contributed by atoms with van der Waals surface area (Å²) >= 11 is 0.496. The minimum absolute atomic E-state index is 0.185. The topological polar surface area (TPSA) is 31.4 Å². The van der Waals surface area contributed by atoms with Gasteiger partial charge in [0.2, 0.25) is 0 Å². The van der Waals surface area contributed by atoms with E-state index in [9.17, 15) is 0 Å². The Kier molecular flexibility index (Phi) is 18.3. The van der Waals surface area contributed by atoms with Crippen LogP contribution in [0.4, 0.5) is 68.2 Å². The number of anilines is 12. The second kappa shape index (κ2) is 31.6. The molecule has 0 saturated carbocycles. The Morgan fingerprint density at radius 3 is 0.938 bits per heavy atom. The molecule has 0 amide bonds. The average Bonchev–Trinajstić information content (AvgIpc) is 1.50. The summed E-state index contributed by atoms with van der Waals surface area (Å²) in [6, 6.07) is 178. The normalized spacial score (nSPS) is 14.7. The SMILES string of the molecule is CC1(C)c2ccccc2N(c2cc3c4ccccc4c(N4c5ccccc5C(C)(C)c5cc6c(cc54)[se]c4ccccc46)cc3c3ccccc23)c2cc3[se]c4ccccc4c3cc21.c1ccc([Si]2(c3ccccc3)c3ccccc3-c3cc4c(cc32)N(c2ccc3c(ccc5cc(N6c7ccccc7Oc7cc8c(cc76)[Si](c6ccccc6)(c6ccccc6)c6ccccc6-8)ccc53)c2)c2ccccc2O4)cc1.